The number of rotatable bonds is 6. The zero-order chi connectivity index (χ0) is 17.5. The van der Waals surface area contributed by atoms with E-state index in [0.717, 1.165) is 12.8 Å². The van der Waals surface area contributed by atoms with E-state index in [1.807, 2.05) is 0 Å². The number of aliphatic carboxylic acids is 1. The van der Waals surface area contributed by atoms with Crippen LogP contribution in [0, 0.1) is 5.82 Å². The number of hydrogen-bond acceptors (Lipinski definition) is 3. The van der Waals surface area contributed by atoms with Crippen LogP contribution in [0.15, 0.2) is 24.3 Å². The first kappa shape index (κ1) is 17.9. The van der Waals surface area contributed by atoms with Crippen molar-refractivity contribution in [1.82, 2.24) is 10.2 Å². The van der Waals surface area contributed by atoms with Crippen LogP contribution >= 0.6 is 0 Å². The molecule has 2 N–H and O–H groups in total. The molecule has 0 aromatic heterocycles. The number of carbonyl (C=O) groups excluding carboxylic acids is 2. The van der Waals surface area contributed by atoms with Gasteiger partial charge in [0.2, 0.25) is 5.91 Å². The number of piperidine rings is 1. The second kappa shape index (κ2) is 8.42. The van der Waals surface area contributed by atoms with Crippen molar-refractivity contribution in [3.8, 4) is 0 Å². The van der Waals surface area contributed by atoms with E-state index in [4.69, 9.17) is 5.11 Å². The fourth-order valence-electron chi connectivity index (χ4n) is 2.78. The summed E-state index contributed by atoms with van der Waals surface area (Å²) in [6.07, 6.45) is 2.73. The van der Waals surface area contributed by atoms with E-state index in [2.05, 4.69) is 5.32 Å². The van der Waals surface area contributed by atoms with Crippen LogP contribution in [-0.4, -0.2) is 46.9 Å². The Morgan fingerprint density at radius 1 is 1.21 bits per heavy atom. The highest BCUT2D eigenvalue weighted by atomic mass is 19.1. The van der Waals surface area contributed by atoms with Gasteiger partial charge in [0, 0.05) is 25.1 Å². The lowest BCUT2D eigenvalue weighted by Crippen LogP contribution is -2.48. The molecule has 1 aliphatic heterocycles. The van der Waals surface area contributed by atoms with E-state index < -0.39 is 17.8 Å². The molecule has 1 heterocycles. The zero-order valence-corrected chi connectivity index (χ0v) is 13.3. The maximum absolute atomic E-state index is 12.8. The minimum Gasteiger partial charge on any atom is -0.480 e. The van der Waals surface area contributed by atoms with Gasteiger partial charge in [0.1, 0.15) is 11.9 Å². The first-order valence-electron chi connectivity index (χ1n) is 8.05. The average Bonchev–Trinajstić information content (AvgIpc) is 2.58. The van der Waals surface area contributed by atoms with Crippen molar-refractivity contribution < 1.29 is 23.9 Å². The normalized spacial score (nSPS) is 17.4. The van der Waals surface area contributed by atoms with Gasteiger partial charge in [-0.25, -0.2) is 9.18 Å². The zero-order valence-electron chi connectivity index (χ0n) is 13.3. The van der Waals surface area contributed by atoms with Gasteiger partial charge >= 0.3 is 5.97 Å². The quantitative estimate of drug-likeness (QED) is 0.776. The molecule has 1 unspecified atom stereocenters. The summed E-state index contributed by atoms with van der Waals surface area (Å²) < 4.78 is 12.8. The van der Waals surface area contributed by atoms with Crippen molar-refractivity contribution in [3.05, 3.63) is 35.6 Å². The molecular formula is C17H21FN2O4. The Morgan fingerprint density at radius 3 is 2.58 bits per heavy atom. The van der Waals surface area contributed by atoms with Crippen molar-refractivity contribution >= 4 is 17.8 Å². The minimum atomic E-state index is -0.965. The highest BCUT2D eigenvalue weighted by Gasteiger charge is 2.31. The van der Waals surface area contributed by atoms with Crippen LogP contribution in [0.3, 0.4) is 0 Å². The molecule has 1 aliphatic rings. The van der Waals surface area contributed by atoms with E-state index in [1.165, 1.54) is 29.2 Å². The molecule has 0 saturated carbocycles. The number of carboxylic acids is 1. The second-order valence-electron chi connectivity index (χ2n) is 5.80. The van der Waals surface area contributed by atoms with Crippen molar-refractivity contribution in [1.29, 1.82) is 0 Å². The molecule has 2 amide bonds. The monoisotopic (exact) mass is 336 g/mol. The largest absolute Gasteiger partial charge is 0.480 e. The molecule has 130 valence electrons. The fourth-order valence-corrected chi connectivity index (χ4v) is 2.78. The standard InChI is InChI=1S/C17H21FN2O4/c18-13-8-6-12(7-9-13)16(22)19-10-3-5-15(21)20-11-2-1-4-14(20)17(23)24/h6-9,14H,1-5,10-11H2,(H,19,22)(H,23,24). The van der Waals surface area contributed by atoms with Crippen LogP contribution in [0.5, 0.6) is 0 Å². The van der Waals surface area contributed by atoms with Crippen molar-refractivity contribution in [3.63, 3.8) is 0 Å². The molecule has 7 heteroatoms. The maximum atomic E-state index is 12.8. The number of halogens is 1. The number of nitrogens with one attached hydrogen (secondary N) is 1. The van der Waals surface area contributed by atoms with Crippen LogP contribution in [0.1, 0.15) is 42.5 Å². The Balaban J connectivity index is 1.75. The lowest BCUT2D eigenvalue weighted by atomic mass is 10.0. The van der Waals surface area contributed by atoms with E-state index in [9.17, 15) is 18.8 Å². The highest BCUT2D eigenvalue weighted by molar-refractivity contribution is 5.94. The minimum absolute atomic E-state index is 0.188. The summed E-state index contributed by atoms with van der Waals surface area (Å²) in [6.45, 7) is 0.769. The van der Waals surface area contributed by atoms with Gasteiger partial charge in [-0.05, 0) is 49.9 Å². The number of carboxylic acid groups (broad SMARTS) is 1. The molecular weight excluding hydrogens is 315 g/mol. The topological polar surface area (TPSA) is 86.7 Å². The number of benzene rings is 1. The van der Waals surface area contributed by atoms with Gasteiger partial charge in [-0.3, -0.25) is 9.59 Å². The van der Waals surface area contributed by atoms with Crippen molar-refractivity contribution in [2.45, 2.75) is 38.1 Å². The Hall–Kier alpha value is -2.44. The number of amides is 2. The lowest BCUT2D eigenvalue weighted by Gasteiger charge is -2.33. The summed E-state index contributed by atoms with van der Waals surface area (Å²) in [5.74, 6) is -1.90. The molecule has 6 nitrogen and oxygen atoms in total. The van der Waals surface area contributed by atoms with E-state index in [-0.39, 0.29) is 18.2 Å². The first-order valence-corrected chi connectivity index (χ1v) is 8.05. The third-order valence-corrected chi connectivity index (χ3v) is 4.07. The maximum Gasteiger partial charge on any atom is 0.326 e. The molecule has 0 bridgehead atoms. The van der Waals surface area contributed by atoms with Crippen LogP contribution in [0.25, 0.3) is 0 Å². The Bertz CT molecular complexity index is 603. The van der Waals surface area contributed by atoms with Gasteiger partial charge < -0.3 is 15.3 Å². The molecule has 0 spiro atoms. The van der Waals surface area contributed by atoms with E-state index in [0.29, 0.717) is 31.5 Å². The summed E-state index contributed by atoms with van der Waals surface area (Å²) in [5, 5.41) is 11.8. The Kier molecular flexibility index (Phi) is 6.28. The van der Waals surface area contributed by atoms with Gasteiger partial charge in [0.15, 0.2) is 0 Å². The van der Waals surface area contributed by atoms with E-state index >= 15 is 0 Å². The number of carbonyl (C=O) groups is 3. The molecule has 1 aromatic carbocycles. The molecule has 1 saturated heterocycles. The van der Waals surface area contributed by atoms with Gasteiger partial charge in [-0.15, -0.1) is 0 Å². The Labute approximate surface area is 139 Å². The number of likely N-dealkylation sites (tertiary alicyclic amines) is 1. The summed E-state index contributed by atoms with van der Waals surface area (Å²) >= 11 is 0. The molecule has 0 aliphatic carbocycles. The van der Waals surface area contributed by atoms with Crippen LogP contribution < -0.4 is 5.32 Å². The summed E-state index contributed by atoms with van der Waals surface area (Å²) in [4.78, 5) is 36.6. The van der Waals surface area contributed by atoms with Gasteiger partial charge in [0.05, 0.1) is 0 Å². The van der Waals surface area contributed by atoms with Gasteiger partial charge in [-0.1, -0.05) is 0 Å². The smallest absolute Gasteiger partial charge is 0.326 e. The van der Waals surface area contributed by atoms with Crippen molar-refractivity contribution in [2.75, 3.05) is 13.1 Å². The molecule has 1 atom stereocenters. The SMILES string of the molecule is O=C(NCCCC(=O)N1CCCCC1C(=O)O)c1ccc(F)cc1. The summed E-state index contributed by atoms with van der Waals surface area (Å²) in [6, 6.07) is 4.46. The summed E-state index contributed by atoms with van der Waals surface area (Å²) in [5.41, 5.74) is 0.352. The third-order valence-electron chi connectivity index (χ3n) is 4.07. The van der Waals surface area contributed by atoms with E-state index in [1.54, 1.807) is 0 Å². The fraction of sp³-hybridized carbons (Fsp3) is 0.471. The lowest BCUT2D eigenvalue weighted by molar-refractivity contribution is -0.152. The van der Waals surface area contributed by atoms with Crippen LogP contribution in [0.4, 0.5) is 4.39 Å². The van der Waals surface area contributed by atoms with Gasteiger partial charge in [0.25, 0.3) is 5.91 Å². The summed E-state index contributed by atoms with van der Waals surface area (Å²) in [7, 11) is 0. The third kappa shape index (κ3) is 4.78. The average molecular weight is 336 g/mol. The predicted molar refractivity (Wildman–Crippen MR) is 85.0 cm³/mol. The molecule has 2 rings (SSSR count). The number of hydrogen-bond donors (Lipinski definition) is 2. The predicted octanol–water partition coefficient (Wildman–Crippen LogP) is 1.80. The van der Waals surface area contributed by atoms with Crippen LogP contribution in [0.2, 0.25) is 0 Å². The molecule has 24 heavy (non-hydrogen) atoms. The Morgan fingerprint density at radius 2 is 1.92 bits per heavy atom. The molecule has 1 aromatic rings. The second-order valence-corrected chi connectivity index (χ2v) is 5.80. The molecule has 1 fully saturated rings. The molecule has 0 radical (unpaired) electrons. The van der Waals surface area contributed by atoms with Crippen LogP contribution in [-0.2, 0) is 9.59 Å². The van der Waals surface area contributed by atoms with Crippen molar-refractivity contribution in [2.24, 2.45) is 0 Å². The van der Waals surface area contributed by atoms with Gasteiger partial charge in [-0.2, -0.15) is 0 Å². The number of nitrogens with zero attached hydrogens (tertiary/aromatic N) is 1. The highest BCUT2D eigenvalue weighted by Crippen LogP contribution is 2.18. The first-order chi connectivity index (χ1) is 11.5.